The number of aromatic nitrogens is 1. The van der Waals surface area contributed by atoms with E-state index in [9.17, 15) is 8.78 Å². The summed E-state index contributed by atoms with van der Waals surface area (Å²) in [6.45, 7) is 1.70. The van der Waals surface area contributed by atoms with E-state index >= 15 is 0 Å². The zero-order chi connectivity index (χ0) is 9.84. The lowest BCUT2D eigenvalue weighted by atomic mass is 10.1. The fraction of sp³-hybridized carbons (Fsp3) is 0.333. The van der Waals surface area contributed by atoms with E-state index in [1.165, 1.54) is 6.07 Å². The first-order chi connectivity index (χ1) is 6.15. The van der Waals surface area contributed by atoms with Crippen LogP contribution < -0.4 is 0 Å². The van der Waals surface area contributed by atoms with Crippen LogP contribution in [-0.2, 0) is 6.42 Å². The molecule has 0 aromatic carbocycles. The molecule has 0 radical (unpaired) electrons. The molecule has 1 aromatic heterocycles. The van der Waals surface area contributed by atoms with Gasteiger partial charge in [-0.05, 0) is 18.6 Å². The number of hydrogen-bond donors (Lipinski definition) is 0. The molecule has 4 heteroatoms. The molecule has 0 atom stereocenters. The summed E-state index contributed by atoms with van der Waals surface area (Å²) in [6.07, 6.45) is -1.42. The van der Waals surface area contributed by atoms with Crippen molar-refractivity contribution in [1.29, 1.82) is 5.26 Å². The number of aryl methyl sites for hydroxylation is 1. The SMILES string of the molecule is Cc1cc(CC#N)c(C(F)F)cn1. The Bertz CT molecular complexity index is 342. The quantitative estimate of drug-likeness (QED) is 0.704. The van der Waals surface area contributed by atoms with Gasteiger partial charge in [-0.15, -0.1) is 0 Å². The van der Waals surface area contributed by atoms with Crippen molar-refractivity contribution in [1.82, 2.24) is 4.98 Å². The van der Waals surface area contributed by atoms with Crippen LogP contribution in [-0.4, -0.2) is 4.98 Å². The number of nitrogens with zero attached hydrogens (tertiary/aromatic N) is 2. The van der Waals surface area contributed by atoms with Gasteiger partial charge in [0.2, 0.25) is 0 Å². The van der Waals surface area contributed by atoms with Gasteiger partial charge in [-0.1, -0.05) is 0 Å². The van der Waals surface area contributed by atoms with Crippen LogP contribution in [0.15, 0.2) is 12.3 Å². The monoisotopic (exact) mass is 182 g/mol. The van der Waals surface area contributed by atoms with Crippen molar-refractivity contribution in [2.75, 3.05) is 0 Å². The van der Waals surface area contributed by atoms with Crippen LogP contribution in [0.2, 0.25) is 0 Å². The topological polar surface area (TPSA) is 36.7 Å². The normalized spacial score (nSPS) is 10.1. The zero-order valence-corrected chi connectivity index (χ0v) is 7.09. The highest BCUT2D eigenvalue weighted by Gasteiger charge is 2.12. The molecule has 2 nitrogen and oxygen atoms in total. The molecule has 0 saturated heterocycles. The summed E-state index contributed by atoms with van der Waals surface area (Å²) in [7, 11) is 0. The number of nitriles is 1. The minimum atomic E-state index is -2.56. The first-order valence-electron chi connectivity index (χ1n) is 3.75. The van der Waals surface area contributed by atoms with Crippen molar-refractivity contribution in [3.05, 3.63) is 29.1 Å². The smallest absolute Gasteiger partial charge is 0.261 e. The molecule has 0 aliphatic rings. The maximum Gasteiger partial charge on any atom is 0.265 e. The van der Waals surface area contributed by atoms with Crippen molar-refractivity contribution in [2.45, 2.75) is 19.8 Å². The van der Waals surface area contributed by atoms with E-state index in [0.717, 1.165) is 6.20 Å². The van der Waals surface area contributed by atoms with Crippen molar-refractivity contribution >= 4 is 0 Å². The molecule has 0 fully saturated rings. The van der Waals surface area contributed by atoms with Crippen molar-refractivity contribution in [3.8, 4) is 6.07 Å². The summed E-state index contributed by atoms with van der Waals surface area (Å²) >= 11 is 0. The van der Waals surface area contributed by atoms with Gasteiger partial charge >= 0.3 is 0 Å². The van der Waals surface area contributed by atoms with Crippen LogP contribution in [0, 0.1) is 18.3 Å². The lowest BCUT2D eigenvalue weighted by Gasteiger charge is -2.05. The molecular formula is C9H8F2N2. The third-order valence-electron chi connectivity index (χ3n) is 1.67. The molecule has 1 heterocycles. The molecule has 68 valence electrons. The molecular weight excluding hydrogens is 174 g/mol. The van der Waals surface area contributed by atoms with Crippen LogP contribution in [0.25, 0.3) is 0 Å². The number of rotatable bonds is 2. The highest BCUT2D eigenvalue weighted by molar-refractivity contribution is 5.29. The Morgan fingerprint density at radius 1 is 1.62 bits per heavy atom. The second-order valence-corrected chi connectivity index (χ2v) is 2.66. The van der Waals surface area contributed by atoms with Gasteiger partial charge in [-0.3, -0.25) is 4.98 Å². The van der Waals surface area contributed by atoms with Gasteiger partial charge in [0.1, 0.15) is 0 Å². The highest BCUT2D eigenvalue weighted by Crippen LogP contribution is 2.22. The van der Waals surface area contributed by atoms with Crippen molar-refractivity contribution in [2.24, 2.45) is 0 Å². The minimum Gasteiger partial charge on any atom is -0.261 e. The lowest BCUT2D eigenvalue weighted by Crippen LogP contribution is -1.96. The largest absolute Gasteiger partial charge is 0.265 e. The molecule has 0 bridgehead atoms. The first-order valence-corrected chi connectivity index (χ1v) is 3.75. The van der Waals surface area contributed by atoms with E-state index < -0.39 is 6.43 Å². The van der Waals surface area contributed by atoms with Gasteiger partial charge in [0, 0.05) is 17.5 Å². The van der Waals surface area contributed by atoms with Crippen LogP contribution in [0.5, 0.6) is 0 Å². The average Bonchev–Trinajstić information content (AvgIpc) is 2.04. The number of pyridine rings is 1. The summed E-state index contributed by atoms with van der Waals surface area (Å²) in [5, 5.41) is 8.40. The fourth-order valence-corrected chi connectivity index (χ4v) is 1.06. The zero-order valence-electron chi connectivity index (χ0n) is 7.09. The van der Waals surface area contributed by atoms with Gasteiger partial charge in [0.15, 0.2) is 0 Å². The van der Waals surface area contributed by atoms with Gasteiger partial charge in [-0.25, -0.2) is 8.78 Å². The lowest BCUT2D eigenvalue weighted by molar-refractivity contribution is 0.150. The Kier molecular flexibility index (Phi) is 2.91. The van der Waals surface area contributed by atoms with Crippen molar-refractivity contribution in [3.63, 3.8) is 0 Å². The first kappa shape index (κ1) is 9.59. The summed E-state index contributed by atoms with van der Waals surface area (Å²) in [6, 6.07) is 3.36. The Labute approximate surface area is 74.8 Å². The molecule has 0 unspecified atom stereocenters. The van der Waals surface area contributed by atoms with Crippen LogP contribution >= 0.6 is 0 Å². The minimum absolute atomic E-state index is 0.00301. The predicted molar refractivity (Wildman–Crippen MR) is 43.2 cm³/mol. The number of hydrogen-bond acceptors (Lipinski definition) is 2. The fourth-order valence-electron chi connectivity index (χ4n) is 1.06. The Morgan fingerprint density at radius 3 is 2.85 bits per heavy atom. The maximum absolute atomic E-state index is 12.3. The third kappa shape index (κ3) is 2.22. The second kappa shape index (κ2) is 3.94. The van der Waals surface area contributed by atoms with Gasteiger partial charge in [0.05, 0.1) is 12.5 Å². The molecule has 0 spiro atoms. The maximum atomic E-state index is 12.3. The van der Waals surface area contributed by atoms with E-state index in [-0.39, 0.29) is 12.0 Å². The van der Waals surface area contributed by atoms with Crippen LogP contribution in [0.4, 0.5) is 8.78 Å². The molecule has 0 saturated carbocycles. The van der Waals surface area contributed by atoms with Gasteiger partial charge in [0.25, 0.3) is 6.43 Å². The Hall–Kier alpha value is -1.50. The Balaban J connectivity index is 3.12. The van der Waals surface area contributed by atoms with E-state index in [1.807, 2.05) is 6.07 Å². The molecule has 0 amide bonds. The van der Waals surface area contributed by atoms with E-state index in [2.05, 4.69) is 4.98 Å². The number of alkyl halides is 2. The van der Waals surface area contributed by atoms with Crippen molar-refractivity contribution < 1.29 is 8.78 Å². The molecule has 1 aromatic rings. The molecule has 0 N–H and O–H groups in total. The summed E-state index contributed by atoms with van der Waals surface area (Å²) < 4.78 is 24.7. The second-order valence-electron chi connectivity index (χ2n) is 2.66. The Morgan fingerprint density at radius 2 is 2.31 bits per heavy atom. The molecule has 13 heavy (non-hydrogen) atoms. The molecule has 0 aliphatic heterocycles. The third-order valence-corrected chi connectivity index (χ3v) is 1.67. The van der Waals surface area contributed by atoms with Crippen LogP contribution in [0.3, 0.4) is 0 Å². The van der Waals surface area contributed by atoms with E-state index in [1.54, 1.807) is 6.92 Å². The average molecular weight is 182 g/mol. The van der Waals surface area contributed by atoms with E-state index in [4.69, 9.17) is 5.26 Å². The van der Waals surface area contributed by atoms with Crippen LogP contribution in [0.1, 0.15) is 23.2 Å². The summed E-state index contributed by atoms with van der Waals surface area (Å²) in [5.74, 6) is 0. The summed E-state index contributed by atoms with van der Waals surface area (Å²) in [5.41, 5.74) is 0.867. The molecule has 1 rings (SSSR count). The predicted octanol–water partition coefficient (Wildman–Crippen LogP) is 2.39. The number of halogens is 2. The van der Waals surface area contributed by atoms with E-state index in [0.29, 0.717) is 11.3 Å². The standard InChI is InChI=1S/C9H8F2N2/c1-6-4-7(2-3-12)8(5-13-6)9(10)11/h4-5,9H,2H2,1H3. The highest BCUT2D eigenvalue weighted by atomic mass is 19.3. The van der Waals surface area contributed by atoms with Gasteiger partial charge < -0.3 is 0 Å². The van der Waals surface area contributed by atoms with Gasteiger partial charge in [-0.2, -0.15) is 5.26 Å². The molecule has 0 aliphatic carbocycles. The summed E-state index contributed by atoms with van der Waals surface area (Å²) in [4.78, 5) is 3.75.